The predicted octanol–water partition coefficient (Wildman–Crippen LogP) is 4.89. The molecule has 0 saturated heterocycles. The molecule has 2 aromatic carbocycles. The fourth-order valence-electron chi connectivity index (χ4n) is 2.50. The molecule has 2 amide bonds. The van der Waals surface area contributed by atoms with Gasteiger partial charge in [-0.05, 0) is 48.1 Å². The number of hydrogen-bond donors (Lipinski definition) is 2. The largest absolute Gasteiger partial charge is 0.334 e. The summed E-state index contributed by atoms with van der Waals surface area (Å²) in [5.41, 5.74) is 4.44. The molecule has 0 aliphatic rings. The lowest BCUT2D eigenvalue weighted by molar-refractivity contribution is 0.251. The quantitative estimate of drug-likeness (QED) is 0.829. The molecule has 122 valence electrons. The molecular formula is C19H23FN2O. The Labute approximate surface area is 136 Å². The first-order valence-electron chi connectivity index (χ1n) is 7.78. The van der Waals surface area contributed by atoms with E-state index < -0.39 is 0 Å². The molecule has 2 N–H and O–H groups in total. The third-order valence-electron chi connectivity index (χ3n) is 3.84. The molecule has 23 heavy (non-hydrogen) atoms. The summed E-state index contributed by atoms with van der Waals surface area (Å²) in [4.78, 5) is 12.2. The minimum atomic E-state index is -0.261. The van der Waals surface area contributed by atoms with Gasteiger partial charge in [-0.25, -0.2) is 9.18 Å². The molecule has 0 radical (unpaired) electrons. The summed E-state index contributed by atoms with van der Waals surface area (Å²) < 4.78 is 13.2. The van der Waals surface area contributed by atoms with E-state index >= 15 is 0 Å². The Bertz CT molecular complexity index is 711. The van der Waals surface area contributed by atoms with Crippen molar-refractivity contribution in [2.75, 3.05) is 5.32 Å². The van der Waals surface area contributed by atoms with E-state index in [9.17, 15) is 9.18 Å². The van der Waals surface area contributed by atoms with E-state index in [1.807, 2.05) is 25.1 Å². The zero-order valence-electron chi connectivity index (χ0n) is 14.0. The third-order valence-corrected chi connectivity index (χ3v) is 3.84. The second-order valence-electron chi connectivity index (χ2n) is 6.09. The van der Waals surface area contributed by atoms with Crippen molar-refractivity contribution in [2.45, 2.75) is 40.2 Å². The standard InChI is InChI=1S/C19H23FN2O/c1-12(2)16-7-5-6-13(3)18(16)22-19(23)21-11-15-8-9-17(20)14(4)10-15/h5-10,12H,11H2,1-4H3,(H2,21,22,23). The number of para-hydroxylation sites is 1. The Hall–Kier alpha value is -2.36. The topological polar surface area (TPSA) is 41.1 Å². The van der Waals surface area contributed by atoms with Gasteiger partial charge in [0, 0.05) is 12.2 Å². The minimum absolute atomic E-state index is 0.236. The molecular weight excluding hydrogens is 291 g/mol. The van der Waals surface area contributed by atoms with Gasteiger partial charge < -0.3 is 10.6 Å². The van der Waals surface area contributed by atoms with Gasteiger partial charge in [0.05, 0.1) is 0 Å². The normalized spacial score (nSPS) is 10.7. The summed E-state index contributed by atoms with van der Waals surface area (Å²) in [6.45, 7) is 8.24. The van der Waals surface area contributed by atoms with Crippen molar-refractivity contribution in [3.63, 3.8) is 0 Å². The highest BCUT2D eigenvalue weighted by molar-refractivity contribution is 5.91. The third kappa shape index (κ3) is 4.31. The molecule has 2 rings (SSSR count). The van der Waals surface area contributed by atoms with Gasteiger partial charge in [-0.2, -0.15) is 0 Å². The first-order valence-corrected chi connectivity index (χ1v) is 7.78. The zero-order chi connectivity index (χ0) is 17.0. The molecule has 0 saturated carbocycles. The van der Waals surface area contributed by atoms with Gasteiger partial charge in [-0.1, -0.05) is 44.2 Å². The van der Waals surface area contributed by atoms with E-state index in [2.05, 4.69) is 24.5 Å². The summed E-state index contributed by atoms with van der Waals surface area (Å²) in [6.07, 6.45) is 0. The fraction of sp³-hybridized carbons (Fsp3) is 0.316. The Kier molecular flexibility index (Phi) is 5.37. The summed E-state index contributed by atoms with van der Waals surface area (Å²) in [5.74, 6) is 0.0876. The number of amides is 2. The van der Waals surface area contributed by atoms with E-state index in [4.69, 9.17) is 0 Å². The van der Waals surface area contributed by atoms with Crippen LogP contribution in [-0.2, 0) is 6.54 Å². The molecule has 0 aliphatic heterocycles. The molecule has 0 atom stereocenters. The summed E-state index contributed by atoms with van der Waals surface area (Å²) in [6, 6.07) is 10.6. The van der Waals surface area contributed by atoms with Gasteiger partial charge in [0.25, 0.3) is 0 Å². The van der Waals surface area contributed by atoms with E-state index in [1.54, 1.807) is 19.1 Å². The Morgan fingerprint density at radius 2 is 1.87 bits per heavy atom. The van der Waals surface area contributed by atoms with Crippen LogP contribution in [0.2, 0.25) is 0 Å². The van der Waals surface area contributed by atoms with Gasteiger partial charge in [0.15, 0.2) is 0 Å². The average molecular weight is 314 g/mol. The van der Waals surface area contributed by atoms with Crippen LogP contribution in [0.1, 0.15) is 42.0 Å². The maximum atomic E-state index is 13.2. The van der Waals surface area contributed by atoms with Crippen molar-refractivity contribution in [1.82, 2.24) is 5.32 Å². The highest BCUT2D eigenvalue weighted by Gasteiger charge is 2.11. The lowest BCUT2D eigenvalue weighted by Crippen LogP contribution is -2.29. The van der Waals surface area contributed by atoms with E-state index in [0.717, 1.165) is 22.4 Å². The maximum Gasteiger partial charge on any atom is 0.319 e. The second-order valence-corrected chi connectivity index (χ2v) is 6.09. The van der Waals surface area contributed by atoms with Crippen LogP contribution in [0.5, 0.6) is 0 Å². The molecule has 0 spiro atoms. The number of carbonyl (C=O) groups excluding carboxylic acids is 1. The molecule has 0 aliphatic carbocycles. The molecule has 4 heteroatoms. The van der Waals surface area contributed by atoms with Crippen LogP contribution in [0.4, 0.5) is 14.9 Å². The van der Waals surface area contributed by atoms with Crippen LogP contribution < -0.4 is 10.6 Å². The Balaban J connectivity index is 2.04. The van der Waals surface area contributed by atoms with Crippen molar-refractivity contribution in [1.29, 1.82) is 0 Å². The van der Waals surface area contributed by atoms with Crippen LogP contribution in [0.25, 0.3) is 0 Å². The van der Waals surface area contributed by atoms with Gasteiger partial charge in [0.2, 0.25) is 0 Å². The van der Waals surface area contributed by atoms with E-state index in [1.165, 1.54) is 6.07 Å². The monoisotopic (exact) mass is 314 g/mol. The van der Waals surface area contributed by atoms with Gasteiger partial charge in [-0.15, -0.1) is 0 Å². The summed E-state index contributed by atoms with van der Waals surface area (Å²) >= 11 is 0. The highest BCUT2D eigenvalue weighted by Crippen LogP contribution is 2.27. The number of nitrogens with one attached hydrogen (secondary N) is 2. The molecule has 0 bridgehead atoms. The second kappa shape index (κ2) is 7.27. The van der Waals surface area contributed by atoms with Crippen molar-refractivity contribution in [3.05, 3.63) is 64.5 Å². The lowest BCUT2D eigenvalue weighted by Gasteiger charge is -2.17. The summed E-state index contributed by atoms with van der Waals surface area (Å²) in [7, 11) is 0. The maximum absolute atomic E-state index is 13.2. The number of benzene rings is 2. The smallest absolute Gasteiger partial charge is 0.319 e. The molecule has 2 aromatic rings. The number of anilines is 1. The number of carbonyl (C=O) groups is 1. The fourth-order valence-corrected chi connectivity index (χ4v) is 2.50. The van der Waals surface area contributed by atoms with Crippen LogP contribution in [-0.4, -0.2) is 6.03 Å². The lowest BCUT2D eigenvalue weighted by atomic mass is 9.98. The minimum Gasteiger partial charge on any atom is -0.334 e. The number of urea groups is 1. The first-order chi connectivity index (χ1) is 10.9. The molecule has 0 fully saturated rings. The molecule has 0 unspecified atom stereocenters. The highest BCUT2D eigenvalue weighted by atomic mass is 19.1. The number of halogens is 1. The average Bonchev–Trinajstić information content (AvgIpc) is 2.50. The van der Waals surface area contributed by atoms with Crippen LogP contribution >= 0.6 is 0 Å². The predicted molar refractivity (Wildman–Crippen MR) is 92.3 cm³/mol. The van der Waals surface area contributed by atoms with Crippen molar-refractivity contribution < 1.29 is 9.18 Å². The van der Waals surface area contributed by atoms with E-state index in [0.29, 0.717) is 18.0 Å². The van der Waals surface area contributed by atoms with Crippen molar-refractivity contribution >= 4 is 11.7 Å². The molecule has 3 nitrogen and oxygen atoms in total. The van der Waals surface area contributed by atoms with Crippen LogP contribution in [0.3, 0.4) is 0 Å². The van der Waals surface area contributed by atoms with Gasteiger partial charge in [-0.3, -0.25) is 0 Å². The van der Waals surface area contributed by atoms with Gasteiger partial charge in [0.1, 0.15) is 5.82 Å². The number of aryl methyl sites for hydroxylation is 2. The Morgan fingerprint density at radius 1 is 1.13 bits per heavy atom. The van der Waals surface area contributed by atoms with Gasteiger partial charge >= 0.3 is 6.03 Å². The zero-order valence-corrected chi connectivity index (χ0v) is 14.0. The van der Waals surface area contributed by atoms with Crippen LogP contribution in [0.15, 0.2) is 36.4 Å². The van der Waals surface area contributed by atoms with Crippen molar-refractivity contribution in [2.24, 2.45) is 0 Å². The molecule has 0 aromatic heterocycles. The number of hydrogen-bond acceptors (Lipinski definition) is 1. The Morgan fingerprint density at radius 3 is 2.52 bits per heavy atom. The number of rotatable bonds is 4. The van der Waals surface area contributed by atoms with E-state index in [-0.39, 0.29) is 11.8 Å². The van der Waals surface area contributed by atoms with Crippen LogP contribution in [0, 0.1) is 19.7 Å². The SMILES string of the molecule is Cc1cc(CNC(=O)Nc2c(C)cccc2C(C)C)ccc1F. The first kappa shape index (κ1) is 17.0. The molecule has 0 heterocycles. The van der Waals surface area contributed by atoms with Crippen molar-refractivity contribution in [3.8, 4) is 0 Å². The summed E-state index contributed by atoms with van der Waals surface area (Å²) in [5, 5.41) is 5.75.